The van der Waals surface area contributed by atoms with Crippen molar-refractivity contribution in [3.63, 3.8) is 0 Å². The Kier molecular flexibility index (Phi) is 9.91. The summed E-state index contributed by atoms with van der Waals surface area (Å²) in [6.07, 6.45) is -1.79. The second kappa shape index (κ2) is 12.7. The third kappa shape index (κ3) is 7.67. The van der Waals surface area contributed by atoms with Gasteiger partial charge in [0.15, 0.2) is 5.78 Å². The van der Waals surface area contributed by atoms with Gasteiger partial charge < -0.3 is 9.64 Å². The molecule has 1 aromatic heterocycles. The highest BCUT2D eigenvalue weighted by molar-refractivity contribution is 5.90. The number of carbonyl (C=O) groups excluding carboxylic acids is 3. The van der Waals surface area contributed by atoms with Crippen molar-refractivity contribution in [1.29, 1.82) is 0 Å². The monoisotopic (exact) mass is 546 g/mol. The summed E-state index contributed by atoms with van der Waals surface area (Å²) in [5.41, 5.74) is 4.68. The molecule has 1 saturated heterocycles. The van der Waals surface area contributed by atoms with E-state index < -0.39 is 42.4 Å². The van der Waals surface area contributed by atoms with Gasteiger partial charge in [-0.15, -0.1) is 0 Å². The van der Waals surface area contributed by atoms with Crippen molar-refractivity contribution >= 4 is 17.7 Å². The third-order valence-corrected chi connectivity index (χ3v) is 7.45. The molecule has 1 aliphatic rings. The lowest BCUT2D eigenvalue weighted by Crippen LogP contribution is -2.51. The Balaban J connectivity index is 1.91. The van der Waals surface area contributed by atoms with Crippen LogP contribution in [-0.2, 0) is 19.1 Å². The van der Waals surface area contributed by atoms with Crippen LogP contribution in [0.15, 0.2) is 36.7 Å². The Bertz CT molecular complexity index is 1170. The minimum absolute atomic E-state index is 0.0279. The van der Waals surface area contributed by atoms with Gasteiger partial charge in [0.1, 0.15) is 0 Å². The molecule has 212 valence electrons. The molecule has 9 heteroatoms. The highest BCUT2D eigenvalue weighted by Crippen LogP contribution is 2.37. The molecule has 1 fully saturated rings. The van der Waals surface area contributed by atoms with Crippen LogP contribution in [0, 0.1) is 25.7 Å². The van der Waals surface area contributed by atoms with Crippen LogP contribution in [0.25, 0.3) is 11.1 Å². The summed E-state index contributed by atoms with van der Waals surface area (Å²) >= 11 is 0. The summed E-state index contributed by atoms with van der Waals surface area (Å²) in [5.74, 6) is -3.67. The number of aryl methyl sites for hydroxylation is 2. The van der Waals surface area contributed by atoms with Gasteiger partial charge in [0.25, 0.3) is 0 Å². The average molecular weight is 547 g/mol. The van der Waals surface area contributed by atoms with E-state index in [1.807, 2.05) is 52.0 Å². The molecule has 0 bridgehead atoms. The van der Waals surface area contributed by atoms with Gasteiger partial charge in [0.2, 0.25) is 5.91 Å². The third-order valence-electron chi connectivity index (χ3n) is 7.45. The first-order valence-corrected chi connectivity index (χ1v) is 13.3. The largest absolute Gasteiger partial charge is 0.469 e. The lowest BCUT2D eigenvalue weighted by Gasteiger charge is -2.38. The molecule has 2 aromatic rings. The number of nitrogens with zero attached hydrogens (tertiary/aromatic N) is 2. The molecule has 39 heavy (non-hydrogen) atoms. The summed E-state index contributed by atoms with van der Waals surface area (Å²) < 4.78 is 44.6. The van der Waals surface area contributed by atoms with Crippen molar-refractivity contribution in [2.75, 3.05) is 13.7 Å². The van der Waals surface area contributed by atoms with E-state index in [1.165, 1.54) is 12.0 Å². The van der Waals surface area contributed by atoms with Crippen molar-refractivity contribution in [2.24, 2.45) is 11.8 Å². The Morgan fingerprint density at radius 2 is 1.79 bits per heavy atom. The summed E-state index contributed by atoms with van der Waals surface area (Å²) in [4.78, 5) is 44.6. The minimum Gasteiger partial charge on any atom is -0.469 e. The number of ketones is 1. The molecule has 0 aliphatic carbocycles. The maximum atomic E-state index is 13.7. The number of Topliss-reactive ketones (excluding diaryl/α,β-unsaturated/α-hetero) is 1. The predicted molar refractivity (Wildman–Crippen MR) is 142 cm³/mol. The molecule has 0 spiro atoms. The predicted octanol–water partition coefficient (Wildman–Crippen LogP) is 6.19. The van der Waals surface area contributed by atoms with Gasteiger partial charge in [0.05, 0.1) is 25.5 Å². The molecular formula is C30H37F3N2O4. The summed E-state index contributed by atoms with van der Waals surface area (Å²) in [6, 6.07) is 7.03. The highest BCUT2D eigenvalue weighted by atomic mass is 19.4. The number of carbonyl (C=O) groups is 3. The van der Waals surface area contributed by atoms with E-state index in [0.717, 1.165) is 22.3 Å². The molecule has 0 saturated carbocycles. The molecule has 2 heterocycles. The number of alkyl halides is 3. The van der Waals surface area contributed by atoms with E-state index in [-0.39, 0.29) is 37.5 Å². The first kappa shape index (κ1) is 30.3. The smallest absolute Gasteiger partial charge is 0.392 e. The van der Waals surface area contributed by atoms with Crippen molar-refractivity contribution < 1.29 is 32.3 Å². The number of hydrogen-bond acceptors (Lipinski definition) is 5. The zero-order valence-corrected chi connectivity index (χ0v) is 23.2. The standard InChI is InChI=1S/C30H37F3N2O4/c1-18(2)11-25(35-10-9-24(15-27(35)37)30(31,32)33)26(36)13-21(14-28(38)39-5)22-12-23(17-34-16-22)29-19(3)7-6-8-20(29)4/h6-8,12,16-18,21,24-25H,9-11,13-15H2,1-5H3/t21-,24?,25+/m0/s1. The fourth-order valence-corrected chi connectivity index (χ4v) is 5.40. The number of amides is 1. The number of hydrogen-bond donors (Lipinski definition) is 0. The molecule has 0 N–H and O–H groups in total. The number of halogens is 3. The Morgan fingerprint density at radius 3 is 2.36 bits per heavy atom. The lowest BCUT2D eigenvalue weighted by molar-refractivity contribution is -0.191. The van der Waals surface area contributed by atoms with E-state index in [2.05, 4.69) is 4.98 Å². The van der Waals surface area contributed by atoms with E-state index >= 15 is 0 Å². The van der Waals surface area contributed by atoms with E-state index in [9.17, 15) is 27.6 Å². The van der Waals surface area contributed by atoms with Crippen LogP contribution in [-0.4, -0.2) is 53.4 Å². The van der Waals surface area contributed by atoms with Crippen LogP contribution in [0.1, 0.15) is 68.6 Å². The van der Waals surface area contributed by atoms with Crippen molar-refractivity contribution in [2.45, 2.75) is 77.9 Å². The zero-order chi connectivity index (χ0) is 28.9. The first-order chi connectivity index (χ1) is 18.3. The van der Waals surface area contributed by atoms with Crippen LogP contribution < -0.4 is 0 Å². The summed E-state index contributed by atoms with van der Waals surface area (Å²) in [6.45, 7) is 7.67. The van der Waals surface area contributed by atoms with Gasteiger partial charge in [0, 0.05) is 43.3 Å². The van der Waals surface area contributed by atoms with E-state index in [1.54, 1.807) is 12.4 Å². The quantitative estimate of drug-likeness (QED) is 0.332. The molecule has 1 aliphatic heterocycles. The van der Waals surface area contributed by atoms with Gasteiger partial charge >= 0.3 is 12.1 Å². The molecule has 3 rings (SSSR count). The average Bonchev–Trinajstić information content (AvgIpc) is 2.86. The van der Waals surface area contributed by atoms with Crippen LogP contribution in [0.4, 0.5) is 13.2 Å². The highest BCUT2D eigenvalue weighted by Gasteiger charge is 2.46. The number of piperidine rings is 1. The second-order valence-electron chi connectivity index (χ2n) is 10.9. The van der Waals surface area contributed by atoms with Gasteiger partial charge in [-0.05, 0) is 60.9 Å². The second-order valence-corrected chi connectivity index (χ2v) is 10.9. The maximum Gasteiger partial charge on any atom is 0.392 e. The van der Waals surface area contributed by atoms with Crippen molar-refractivity contribution in [3.05, 3.63) is 53.3 Å². The van der Waals surface area contributed by atoms with Crippen LogP contribution in [0.3, 0.4) is 0 Å². The molecule has 3 atom stereocenters. The minimum atomic E-state index is -4.45. The van der Waals surface area contributed by atoms with Crippen LogP contribution >= 0.6 is 0 Å². The van der Waals surface area contributed by atoms with Gasteiger partial charge in [-0.1, -0.05) is 32.0 Å². The van der Waals surface area contributed by atoms with Crippen molar-refractivity contribution in [1.82, 2.24) is 9.88 Å². The molecule has 1 unspecified atom stereocenters. The Hall–Kier alpha value is -3.23. The first-order valence-electron chi connectivity index (χ1n) is 13.3. The van der Waals surface area contributed by atoms with Gasteiger partial charge in [-0.3, -0.25) is 19.4 Å². The molecular weight excluding hydrogens is 509 g/mol. The van der Waals surface area contributed by atoms with Gasteiger partial charge in [-0.2, -0.15) is 13.2 Å². The molecule has 6 nitrogen and oxygen atoms in total. The Labute approximate surface area is 227 Å². The number of rotatable bonds is 10. The number of likely N-dealkylation sites (tertiary alicyclic amines) is 1. The molecule has 1 aromatic carbocycles. The normalized spacial score (nSPS) is 17.7. The van der Waals surface area contributed by atoms with E-state index in [4.69, 9.17) is 4.74 Å². The number of aromatic nitrogens is 1. The molecule has 0 radical (unpaired) electrons. The van der Waals surface area contributed by atoms with Crippen LogP contribution in [0.5, 0.6) is 0 Å². The Morgan fingerprint density at radius 1 is 1.13 bits per heavy atom. The number of pyridine rings is 1. The van der Waals surface area contributed by atoms with Crippen LogP contribution in [0.2, 0.25) is 0 Å². The topological polar surface area (TPSA) is 76.6 Å². The van der Waals surface area contributed by atoms with Gasteiger partial charge in [-0.25, -0.2) is 0 Å². The zero-order valence-electron chi connectivity index (χ0n) is 23.2. The SMILES string of the molecule is COC(=O)C[C@H](CC(=O)[C@@H](CC(C)C)N1CCC(C(F)(F)F)CC1=O)c1cncc(-c2c(C)cccc2C)c1. The van der Waals surface area contributed by atoms with Crippen molar-refractivity contribution in [3.8, 4) is 11.1 Å². The lowest BCUT2D eigenvalue weighted by atomic mass is 9.85. The number of ether oxygens (including phenoxy) is 1. The molecule has 1 amide bonds. The number of esters is 1. The number of benzene rings is 1. The van der Waals surface area contributed by atoms with E-state index in [0.29, 0.717) is 12.0 Å². The number of methoxy groups -OCH3 is 1. The summed E-state index contributed by atoms with van der Waals surface area (Å²) in [7, 11) is 1.28. The fourth-order valence-electron chi connectivity index (χ4n) is 5.40. The fraction of sp³-hybridized carbons (Fsp3) is 0.533. The summed E-state index contributed by atoms with van der Waals surface area (Å²) in [5, 5.41) is 0. The maximum absolute atomic E-state index is 13.7.